The molecule has 0 radical (unpaired) electrons. The van der Waals surface area contributed by atoms with Crippen molar-refractivity contribution in [2.45, 2.75) is 6.92 Å². The lowest BCUT2D eigenvalue weighted by Crippen LogP contribution is -1.62. The molecule has 11 heavy (non-hydrogen) atoms. The second-order valence-corrected chi connectivity index (χ2v) is 1.65. The van der Waals surface area contributed by atoms with Gasteiger partial charge in [-0.3, -0.25) is 0 Å². The first-order valence-corrected chi connectivity index (χ1v) is 2.91. The summed E-state index contributed by atoms with van der Waals surface area (Å²) in [6, 6.07) is 10.3. The maximum Gasteiger partial charge on any atom is -0.0398 e. The van der Waals surface area contributed by atoms with E-state index in [2.05, 4.69) is 32.2 Å². The molecule has 0 atom stereocenters. The molecule has 0 amide bonds. The minimum Gasteiger partial charge on any atom is -0.147 e. The molecule has 64 valence electrons. The fourth-order valence-corrected chi connectivity index (χ4v) is 0.534. The van der Waals surface area contributed by atoms with Crippen LogP contribution in [-0.2, 0) is 0 Å². The highest BCUT2D eigenvalue weighted by Crippen LogP contribution is 1.92. The Bertz CT molecular complexity index is 149. The van der Waals surface area contributed by atoms with Crippen LogP contribution in [0.5, 0.6) is 0 Å². The van der Waals surface area contributed by atoms with Crippen LogP contribution in [0.4, 0.5) is 0 Å². The third-order valence-corrected chi connectivity index (χ3v) is 0.940. The average Bonchev–Trinajstić information content (AvgIpc) is 1.94. The summed E-state index contributed by atoms with van der Waals surface area (Å²) in [5, 5.41) is 0. The minimum absolute atomic E-state index is 0. The Balaban J connectivity index is -0.000000149. The first-order chi connectivity index (χ1) is 4.39. The van der Waals surface area contributed by atoms with E-state index in [-0.39, 0.29) is 24.8 Å². The Kier molecular flexibility index (Phi) is 18.8. The highest BCUT2D eigenvalue weighted by atomic mass is 35.5. The average molecular weight is 193 g/mol. The number of aryl methyl sites for hydroxylation is 1. The summed E-state index contributed by atoms with van der Waals surface area (Å²) in [6.07, 6.45) is 0. The van der Waals surface area contributed by atoms with Crippen molar-refractivity contribution in [3.63, 3.8) is 0 Å². The Morgan fingerprint density at radius 2 is 1.27 bits per heavy atom. The maximum absolute atomic E-state index is 3.00. The van der Waals surface area contributed by atoms with Crippen molar-refractivity contribution < 1.29 is 0 Å². The molecule has 0 N–H and O–H groups in total. The summed E-state index contributed by atoms with van der Waals surface area (Å²) in [4.78, 5) is 0. The van der Waals surface area contributed by atoms with E-state index in [1.165, 1.54) is 5.56 Å². The zero-order valence-corrected chi connectivity index (χ0v) is 8.25. The van der Waals surface area contributed by atoms with Crippen LogP contribution in [-0.4, -0.2) is 0 Å². The molecule has 0 heterocycles. The number of rotatable bonds is 0. The van der Waals surface area contributed by atoms with Crippen molar-refractivity contribution >= 4 is 24.8 Å². The number of benzene rings is 1. The predicted molar refractivity (Wildman–Crippen MR) is 56.9 cm³/mol. The molecule has 0 aliphatic heterocycles. The third-order valence-electron chi connectivity index (χ3n) is 0.940. The predicted octanol–water partition coefficient (Wildman–Crippen LogP) is 3.64. The van der Waals surface area contributed by atoms with Crippen LogP contribution in [0.25, 0.3) is 0 Å². The van der Waals surface area contributed by atoms with Gasteiger partial charge in [-0.15, -0.1) is 38.0 Å². The molecule has 0 fully saturated rings. The van der Waals surface area contributed by atoms with Crippen LogP contribution in [0.1, 0.15) is 5.56 Å². The fraction of sp³-hybridized carbons (Fsp3) is 0.111. The second-order valence-electron chi connectivity index (χ2n) is 1.65. The molecule has 0 nitrogen and oxygen atoms in total. The van der Waals surface area contributed by atoms with E-state index in [9.17, 15) is 0 Å². The van der Waals surface area contributed by atoms with Gasteiger partial charge in [0.2, 0.25) is 0 Å². The Hall–Kier alpha value is -0.460. The highest BCUT2D eigenvalue weighted by Gasteiger charge is 1.72. The zero-order chi connectivity index (χ0) is 7.11. The van der Waals surface area contributed by atoms with Gasteiger partial charge in [0.15, 0.2) is 0 Å². The molecule has 1 aromatic rings. The van der Waals surface area contributed by atoms with Gasteiger partial charge in [0.25, 0.3) is 0 Å². The second kappa shape index (κ2) is 12.2. The summed E-state index contributed by atoms with van der Waals surface area (Å²) >= 11 is 0. The van der Waals surface area contributed by atoms with Crippen LogP contribution >= 0.6 is 24.8 Å². The van der Waals surface area contributed by atoms with E-state index in [4.69, 9.17) is 0 Å². The van der Waals surface area contributed by atoms with Crippen molar-refractivity contribution in [3.8, 4) is 0 Å². The van der Waals surface area contributed by atoms with Gasteiger partial charge in [-0.2, -0.15) is 0 Å². The molecular weight excluding hydrogens is 179 g/mol. The van der Waals surface area contributed by atoms with Gasteiger partial charge < -0.3 is 0 Å². The van der Waals surface area contributed by atoms with Gasteiger partial charge in [0.05, 0.1) is 0 Å². The normalized spacial score (nSPS) is 5.91. The molecular formula is C9H14Cl2. The van der Waals surface area contributed by atoms with E-state index in [0.29, 0.717) is 0 Å². The Morgan fingerprint density at radius 1 is 0.909 bits per heavy atom. The molecule has 0 unspecified atom stereocenters. The van der Waals surface area contributed by atoms with Crippen LogP contribution in [0.15, 0.2) is 43.5 Å². The van der Waals surface area contributed by atoms with E-state index in [1.54, 1.807) is 0 Å². The van der Waals surface area contributed by atoms with Crippen molar-refractivity contribution in [1.82, 2.24) is 0 Å². The molecule has 0 aliphatic rings. The quantitative estimate of drug-likeness (QED) is 0.552. The fourth-order valence-electron chi connectivity index (χ4n) is 0.534. The largest absolute Gasteiger partial charge is 0.147 e. The topological polar surface area (TPSA) is 0 Å². The van der Waals surface area contributed by atoms with E-state index >= 15 is 0 Å². The SMILES string of the molecule is C=C.Cc1ccccc1.Cl.Cl. The van der Waals surface area contributed by atoms with Crippen LogP contribution in [0.3, 0.4) is 0 Å². The molecule has 0 aromatic heterocycles. The number of halogens is 2. The Morgan fingerprint density at radius 3 is 1.45 bits per heavy atom. The lowest BCUT2D eigenvalue weighted by atomic mass is 10.2. The van der Waals surface area contributed by atoms with Gasteiger partial charge in [-0.25, -0.2) is 0 Å². The van der Waals surface area contributed by atoms with Crippen LogP contribution in [0, 0.1) is 6.92 Å². The lowest BCUT2D eigenvalue weighted by molar-refractivity contribution is 1.48. The number of hydrogen-bond acceptors (Lipinski definition) is 0. The van der Waals surface area contributed by atoms with Crippen molar-refractivity contribution in [1.29, 1.82) is 0 Å². The molecule has 1 rings (SSSR count). The molecule has 1 aromatic carbocycles. The Labute approximate surface area is 81.1 Å². The van der Waals surface area contributed by atoms with E-state index < -0.39 is 0 Å². The summed E-state index contributed by atoms with van der Waals surface area (Å²) in [5.74, 6) is 0. The monoisotopic (exact) mass is 192 g/mol. The molecule has 0 spiro atoms. The van der Waals surface area contributed by atoms with Gasteiger partial charge in [0, 0.05) is 0 Å². The van der Waals surface area contributed by atoms with Gasteiger partial charge in [-0.05, 0) is 6.92 Å². The zero-order valence-electron chi connectivity index (χ0n) is 6.62. The summed E-state index contributed by atoms with van der Waals surface area (Å²) in [5.41, 5.74) is 1.32. The van der Waals surface area contributed by atoms with E-state index in [1.807, 2.05) is 18.2 Å². The minimum atomic E-state index is 0. The molecule has 0 saturated carbocycles. The first kappa shape index (κ1) is 16.9. The van der Waals surface area contributed by atoms with Gasteiger partial charge in [-0.1, -0.05) is 35.9 Å². The molecule has 0 saturated heterocycles. The highest BCUT2D eigenvalue weighted by molar-refractivity contribution is 5.85. The van der Waals surface area contributed by atoms with Crippen LogP contribution < -0.4 is 0 Å². The standard InChI is InChI=1S/C7H8.C2H4.2ClH/c1-7-5-3-2-4-6-7;1-2;;/h2-6H,1H3;1-2H2;2*1H. The van der Waals surface area contributed by atoms with E-state index in [0.717, 1.165) is 0 Å². The lowest BCUT2D eigenvalue weighted by Gasteiger charge is -1.82. The maximum atomic E-state index is 3.00. The first-order valence-electron chi connectivity index (χ1n) is 2.91. The molecule has 0 bridgehead atoms. The third kappa shape index (κ3) is 9.54. The summed E-state index contributed by atoms with van der Waals surface area (Å²) < 4.78 is 0. The van der Waals surface area contributed by atoms with Gasteiger partial charge in [0.1, 0.15) is 0 Å². The van der Waals surface area contributed by atoms with Crippen molar-refractivity contribution in [2.24, 2.45) is 0 Å². The van der Waals surface area contributed by atoms with Crippen molar-refractivity contribution in [3.05, 3.63) is 49.1 Å². The molecule has 0 aliphatic carbocycles. The smallest absolute Gasteiger partial charge is 0.0398 e. The number of hydrogen-bond donors (Lipinski definition) is 0. The van der Waals surface area contributed by atoms with Gasteiger partial charge >= 0.3 is 0 Å². The summed E-state index contributed by atoms with van der Waals surface area (Å²) in [6.45, 7) is 8.08. The summed E-state index contributed by atoms with van der Waals surface area (Å²) in [7, 11) is 0. The van der Waals surface area contributed by atoms with Crippen LogP contribution in [0.2, 0.25) is 0 Å². The van der Waals surface area contributed by atoms with Crippen molar-refractivity contribution in [2.75, 3.05) is 0 Å². The molecule has 2 heteroatoms.